The number of anilines is 1. The van der Waals surface area contributed by atoms with Crippen LogP contribution in [-0.4, -0.2) is 20.9 Å². The third-order valence-electron chi connectivity index (χ3n) is 3.32. The van der Waals surface area contributed by atoms with Gasteiger partial charge in [0, 0.05) is 22.4 Å². The first-order valence-electron chi connectivity index (χ1n) is 7.02. The molecule has 0 saturated heterocycles. The van der Waals surface area contributed by atoms with Crippen LogP contribution in [0.4, 0.5) is 10.1 Å². The Morgan fingerprint density at radius 1 is 1.24 bits per heavy atom. The van der Waals surface area contributed by atoms with Crippen molar-refractivity contribution in [2.24, 2.45) is 0 Å². The number of nitrogens with one attached hydrogen (secondary N) is 1. The fourth-order valence-electron chi connectivity index (χ4n) is 2.20. The maximum atomic E-state index is 14.2. The number of hydrogen-bond donors (Lipinski definition) is 1. The van der Waals surface area contributed by atoms with Crippen LogP contribution >= 0.6 is 15.9 Å². The molecule has 4 aromatic rings. The van der Waals surface area contributed by atoms with Crippen molar-refractivity contribution in [1.82, 2.24) is 15.0 Å². The summed E-state index contributed by atoms with van der Waals surface area (Å²) in [6, 6.07) is 5.74. The van der Waals surface area contributed by atoms with Crippen molar-refractivity contribution < 1.29 is 18.0 Å². The van der Waals surface area contributed by atoms with Gasteiger partial charge >= 0.3 is 0 Å². The van der Waals surface area contributed by atoms with Crippen molar-refractivity contribution in [3.05, 3.63) is 59.1 Å². The molecule has 1 amide bonds. The molecule has 124 valence electrons. The van der Waals surface area contributed by atoms with Gasteiger partial charge in [0.15, 0.2) is 17.6 Å². The average Bonchev–Trinajstić information content (AvgIpc) is 3.25. The van der Waals surface area contributed by atoms with Gasteiger partial charge in [0.2, 0.25) is 11.7 Å². The minimum atomic E-state index is -0.539. The summed E-state index contributed by atoms with van der Waals surface area (Å²) in [5.74, 6) is -0.933. The van der Waals surface area contributed by atoms with Gasteiger partial charge in [-0.1, -0.05) is 0 Å². The van der Waals surface area contributed by atoms with E-state index in [1.165, 1.54) is 24.4 Å². The monoisotopic (exact) mass is 402 g/mol. The summed E-state index contributed by atoms with van der Waals surface area (Å²) in [7, 11) is 0. The number of aromatic nitrogens is 3. The van der Waals surface area contributed by atoms with Crippen LogP contribution in [0, 0.1) is 5.82 Å². The second-order valence-corrected chi connectivity index (χ2v) is 5.92. The van der Waals surface area contributed by atoms with Crippen molar-refractivity contribution in [3.8, 4) is 11.5 Å². The number of pyridine rings is 1. The van der Waals surface area contributed by atoms with E-state index in [-0.39, 0.29) is 17.2 Å². The van der Waals surface area contributed by atoms with E-state index in [0.29, 0.717) is 16.9 Å². The predicted octanol–water partition coefficient (Wildman–Crippen LogP) is 4.03. The zero-order valence-electron chi connectivity index (χ0n) is 12.4. The molecule has 0 radical (unpaired) electrons. The molecule has 0 bridgehead atoms. The molecule has 4 rings (SSSR count). The molecule has 3 heterocycles. The molecule has 9 heteroatoms. The Kier molecular flexibility index (Phi) is 3.77. The molecule has 0 spiro atoms. The Morgan fingerprint density at radius 3 is 2.92 bits per heavy atom. The Labute approximate surface area is 148 Å². The van der Waals surface area contributed by atoms with Crippen LogP contribution in [0.3, 0.4) is 0 Å². The molecule has 0 fully saturated rings. The van der Waals surface area contributed by atoms with Gasteiger partial charge in [-0.05, 0) is 34.1 Å². The number of hydrogen-bond acceptors (Lipinski definition) is 6. The molecular weight excluding hydrogens is 395 g/mol. The Balaban J connectivity index is 1.70. The van der Waals surface area contributed by atoms with Crippen molar-refractivity contribution >= 4 is 38.8 Å². The Bertz CT molecular complexity index is 1080. The fraction of sp³-hybridized carbons (Fsp3) is 0. The summed E-state index contributed by atoms with van der Waals surface area (Å²) < 4.78 is 25.4. The second kappa shape index (κ2) is 6.10. The lowest BCUT2D eigenvalue weighted by atomic mass is 10.2. The Morgan fingerprint density at radius 2 is 2.12 bits per heavy atom. The number of carbonyl (C=O) groups excluding carboxylic acids is 1. The fourth-order valence-corrected chi connectivity index (χ4v) is 2.51. The third-order valence-corrected chi connectivity index (χ3v) is 3.76. The third kappa shape index (κ3) is 3.01. The van der Waals surface area contributed by atoms with Crippen molar-refractivity contribution in [2.75, 3.05) is 5.32 Å². The average molecular weight is 403 g/mol. The van der Waals surface area contributed by atoms with Crippen LogP contribution in [0.1, 0.15) is 10.6 Å². The first kappa shape index (κ1) is 15.5. The van der Waals surface area contributed by atoms with Gasteiger partial charge in [0.25, 0.3) is 5.91 Å². The topological polar surface area (TPSA) is 94.1 Å². The molecule has 0 atom stereocenters. The highest BCUT2D eigenvalue weighted by Gasteiger charge is 2.16. The lowest BCUT2D eigenvalue weighted by Crippen LogP contribution is -2.11. The highest BCUT2D eigenvalue weighted by molar-refractivity contribution is 9.10. The van der Waals surface area contributed by atoms with E-state index in [9.17, 15) is 9.18 Å². The molecule has 25 heavy (non-hydrogen) atoms. The minimum absolute atomic E-state index is 0.0433. The van der Waals surface area contributed by atoms with E-state index >= 15 is 0 Å². The van der Waals surface area contributed by atoms with E-state index in [4.69, 9.17) is 8.83 Å². The maximum Gasteiger partial charge on any atom is 0.293 e. The normalized spacial score (nSPS) is 11.0. The van der Waals surface area contributed by atoms with E-state index in [0.717, 1.165) is 10.9 Å². The first-order chi connectivity index (χ1) is 12.1. The largest absolute Gasteiger partial charge is 0.438 e. The van der Waals surface area contributed by atoms with E-state index < -0.39 is 11.7 Å². The number of oxazole rings is 2. The number of benzene rings is 1. The number of amides is 1. The SMILES string of the molecule is O=C(Nc1ccc(F)c(-c2nc3ncc(Br)cc3o2)c1)c1cnco1. The van der Waals surface area contributed by atoms with E-state index in [1.54, 1.807) is 12.3 Å². The van der Waals surface area contributed by atoms with Crippen LogP contribution < -0.4 is 5.32 Å². The van der Waals surface area contributed by atoms with Gasteiger partial charge in [-0.3, -0.25) is 4.79 Å². The zero-order valence-corrected chi connectivity index (χ0v) is 13.9. The van der Waals surface area contributed by atoms with Gasteiger partial charge in [-0.25, -0.2) is 14.4 Å². The quantitative estimate of drug-likeness (QED) is 0.555. The van der Waals surface area contributed by atoms with Crippen LogP contribution in [0.2, 0.25) is 0 Å². The van der Waals surface area contributed by atoms with Gasteiger partial charge in [0.1, 0.15) is 5.82 Å². The van der Waals surface area contributed by atoms with Crippen LogP contribution in [0.15, 0.2) is 56.4 Å². The summed E-state index contributed by atoms with van der Waals surface area (Å²) in [5, 5.41) is 2.59. The molecule has 0 aliphatic carbocycles. The molecule has 0 saturated carbocycles. The Hall–Kier alpha value is -3.07. The van der Waals surface area contributed by atoms with Gasteiger partial charge < -0.3 is 14.2 Å². The highest BCUT2D eigenvalue weighted by atomic mass is 79.9. The lowest BCUT2D eigenvalue weighted by molar-refractivity contribution is 0.0996. The molecule has 3 aromatic heterocycles. The number of fused-ring (bicyclic) bond motifs is 1. The summed E-state index contributed by atoms with van der Waals surface area (Å²) >= 11 is 3.28. The van der Waals surface area contributed by atoms with Gasteiger partial charge in [-0.2, -0.15) is 4.98 Å². The first-order valence-corrected chi connectivity index (χ1v) is 7.81. The molecule has 0 aliphatic heterocycles. The minimum Gasteiger partial charge on any atom is -0.438 e. The summed E-state index contributed by atoms with van der Waals surface area (Å²) in [6.45, 7) is 0. The summed E-state index contributed by atoms with van der Waals surface area (Å²) in [5.41, 5.74) is 1.23. The molecule has 1 aromatic carbocycles. The highest BCUT2D eigenvalue weighted by Crippen LogP contribution is 2.29. The maximum absolute atomic E-state index is 14.2. The number of halogens is 2. The van der Waals surface area contributed by atoms with Gasteiger partial charge in [0.05, 0.1) is 11.8 Å². The van der Waals surface area contributed by atoms with Crippen LogP contribution in [-0.2, 0) is 0 Å². The zero-order chi connectivity index (χ0) is 17.4. The van der Waals surface area contributed by atoms with E-state index in [1.807, 2.05) is 0 Å². The second-order valence-electron chi connectivity index (χ2n) is 5.01. The summed E-state index contributed by atoms with van der Waals surface area (Å²) in [6.07, 6.45) is 4.00. The van der Waals surface area contributed by atoms with E-state index in [2.05, 4.69) is 36.2 Å². The molecule has 1 N–H and O–H groups in total. The van der Waals surface area contributed by atoms with Crippen molar-refractivity contribution in [3.63, 3.8) is 0 Å². The molecular formula is C16H8BrFN4O3. The molecule has 0 unspecified atom stereocenters. The number of carbonyl (C=O) groups is 1. The van der Waals surface area contributed by atoms with Crippen LogP contribution in [0.25, 0.3) is 22.7 Å². The molecule has 0 aliphatic rings. The molecule has 7 nitrogen and oxygen atoms in total. The van der Waals surface area contributed by atoms with Crippen molar-refractivity contribution in [2.45, 2.75) is 0 Å². The summed E-state index contributed by atoms with van der Waals surface area (Å²) in [4.78, 5) is 23.9. The lowest BCUT2D eigenvalue weighted by Gasteiger charge is -2.05. The van der Waals surface area contributed by atoms with Crippen LogP contribution in [0.5, 0.6) is 0 Å². The number of rotatable bonds is 3. The predicted molar refractivity (Wildman–Crippen MR) is 89.4 cm³/mol. The van der Waals surface area contributed by atoms with Gasteiger partial charge in [-0.15, -0.1) is 0 Å². The number of nitrogens with zero attached hydrogens (tertiary/aromatic N) is 3. The standard InChI is InChI=1S/C16H8BrFN4O3/c17-8-3-12-14(20-5-8)22-16(25-12)10-4-9(1-2-11(10)18)21-15(23)13-6-19-7-24-13/h1-7H,(H,21,23). The van der Waals surface area contributed by atoms with Crippen molar-refractivity contribution in [1.29, 1.82) is 0 Å². The smallest absolute Gasteiger partial charge is 0.293 e.